The number of carbonyl (C=O) groups is 2. The molecule has 1 amide bonds. The SMILES string of the molecule is CC(=O)c1cc(CC(=O)N(Cc2ccccn2)C2CCCCC2)cs1. The molecule has 0 aliphatic heterocycles. The van der Waals surface area contributed by atoms with E-state index < -0.39 is 0 Å². The van der Waals surface area contributed by atoms with Gasteiger partial charge >= 0.3 is 0 Å². The highest BCUT2D eigenvalue weighted by Gasteiger charge is 2.26. The van der Waals surface area contributed by atoms with Crippen molar-refractivity contribution in [1.82, 2.24) is 9.88 Å². The van der Waals surface area contributed by atoms with E-state index in [-0.39, 0.29) is 11.7 Å². The second-order valence-electron chi connectivity index (χ2n) is 6.69. The van der Waals surface area contributed by atoms with E-state index in [0.717, 1.165) is 29.0 Å². The molecule has 2 aromatic rings. The Balaban J connectivity index is 1.74. The largest absolute Gasteiger partial charge is 0.334 e. The van der Waals surface area contributed by atoms with Gasteiger partial charge in [0.1, 0.15) is 0 Å². The van der Waals surface area contributed by atoms with Gasteiger partial charge < -0.3 is 4.90 Å². The van der Waals surface area contributed by atoms with Crippen LogP contribution in [0.15, 0.2) is 35.8 Å². The van der Waals surface area contributed by atoms with E-state index >= 15 is 0 Å². The lowest BCUT2D eigenvalue weighted by molar-refractivity contribution is -0.134. The third-order valence-corrected chi connectivity index (χ3v) is 5.83. The first-order chi connectivity index (χ1) is 12.1. The van der Waals surface area contributed by atoms with Gasteiger partial charge in [-0.15, -0.1) is 11.3 Å². The number of thiophene rings is 1. The van der Waals surface area contributed by atoms with Crippen molar-refractivity contribution in [3.8, 4) is 0 Å². The summed E-state index contributed by atoms with van der Waals surface area (Å²) in [5.41, 5.74) is 1.86. The van der Waals surface area contributed by atoms with E-state index in [1.54, 1.807) is 13.1 Å². The third kappa shape index (κ3) is 4.75. The van der Waals surface area contributed by atoms with Crippen molar-refractivity contribution in [3.63, 3.8) is 0 Å². The average Bonchev–Trinajstić information content (AvgIpc) is 3.10. The molecule has 0 radical (unpaired) electrons. The summed E-state index contributed by atoms with van der Waals surface area (Å²) in [6.45, 7) is 2.13. The fourth-order valence-electron chi connectivity index (χ4n) is 3.41. The van der Waals surface area contributed by atoms with Gasteiger partial charge in [-0.25, -0.2) is 0 Å². The highest BCUT2D eigenvalue weighted by atomic mass is 32.1. The Morgan fingerprint density at radius 1 is 1.24 bits per heavy atom. The predicted molar refractivity (Wildman–Crippen MR) is 99.7 cm³/mol. The van der Waals surface area contributed by atoms with Crippen LogP contribution in [0.3, 0.4) is 0 Å². The van der Waals surface area contributed by atoms with E-state index in [1.165, 1.54) is 30.6 Å². The first-order valence-corrected chi connectivity index (χ1v) is 9.79. The number of carbonyl (C=O) groups excluding carboxylic acids is 2. The molecular formula is C20H24N2O2S. The summed E-state index contributed by atoms with van der Waals surface area (Å²) in [6.07, 6.45) is 7.90. The molecule has 0 unspecified atom stereocenters. The Kier molecular flexibility index (Phi) is 5.97. The summed E-state index contributed by atoms with van der Waals surface area (Å²) < 4.78 is 0. The molecule has 0 N–H and O–H groups in total. The third-order valence-electron chi connectivity index (χ3n) is 4.75. The molecule has 1 fully saturated rings. The van der Waals surface area contributed by atoms with E-state index in [1.807, 2.05) is 34.5 Å². The number of nitrogens with zero attached hydrogens (tertiary/aromatic N) is 2. The lowest BCUT2D eigenvalue weighted by atomic mass is 9.93. The molecule has 1 aliphatic rings. The zero-order chi connectivity index (χ0) is 17.6. The summed E-state index contributed by atoms with van der Waals surface area (Å²) in [6, 6.07) is 7.98. The molecule has 0 aromatic carbocycles. The van der Waals surface area contributed by atoms with Crippen molar-refractivity contribution in [1.29, 1.82) is 0 Å². The second kappa shape index (κ2) is 8.39. The number of ketones is 1. The van der Waals surface area contributed by atoms with E-state index in [4.69, 9.17) is 0 Å². The van der Waals surface area contributed by atoms with Crippen molar-refractivity contribution in [2.75, 3.05) is 0 Å². The number of hydrogen-bond acceptors (Lipinski definition) is 4. The summed E-state index contributed by atoms with van der Waals surface area (Å²) in [5.74, 6) is 0.187. The maximum atomic E-state index is 13.0. The minimum absolute atomic E-state index is 0.0568. The topological polar surface area (TPSA) is 50.3 Å². The van der Waals surface area contributed by atoms with Gasteiger partial charge in [0.05, 0.1) is 23.5 Å². The Morgan fingerprint density at radius 2 is 2.04 bits per heavy atom. The quantitative estimate of drug-likeness (QED) is 0.727. The van der Waals surface area contributed by atoms with Gasteiger partial charge in [-0.3, -0.25) is 14.6 Å². The normalized spacial score (nSPS) is 15.1. The van der Waals surface area contributed by atoms with Gasteiger partial charge in [0.2, 0.25) is 5.91 Å². The van der Waals surface area contributed by atoms with Crippen molar-refractivity contribution >= 4 is 23.0 Å². The van der Waals surface area contributed by atoms with Crippen LogP contribution in [0, 0.1) is 0 Å². The van der Waals surface area contributed by atoms with Crippen molar-refractivity contribution in [2.45, 2.75) is 58.0 Å². The Morgan fingerprint density at radius 3 is 2.68 bits per heavy atom. The first-order valence-electron chi connectivity index (χ1n) is 8.91. The monoisotopic (exact) mass is 356 g/mol. The maximum Gasteiger partial charge on any atom is 0.227 e. The summed E-state index contributed by atoms with van der Waals surface area (Å²) in [5, 5.41) is 1.93. The standard InChI is InChI=1S/C20H24N2O2S/c1-15(23)19-11-16(14-25-19)12-20(24)22(18-8-3-2-4-9-18)13-17-7-5-6-10-21-17/h5-7,10-11,14,18H,2-4,8-9,12-13H2,1H3. The molecule has 25 heavy (non-hydrogen) atoms. The number of Topliss-reactive ketones (excluding diaryl/α,β-unsaturated/α-hetero) is 1. The Bertz CT molecular complexity index is 720. The predicted octanol–water partition coefficient (Wildman–Crippen LogP) is 4.25. The first kappa shape index (κ1) is 17.8. The van der Waals surface area contributed by atoms with Crippen LogP contribution in [0.4, 0.5) is 0 Å². The fourth-order valence-corrected chi connectivity index (χ4v) is 4.22. The summed E-state index contributed by atoms with van der Waals surface area (Å²) in [4.78, 5) is 31.6. The van der Waals surface area contributed by atoms with Crippen molar-refractivity contribution in [2.24, 2.45) is 0 Å². The van der Waals surface area contributed by atoms with Gasteiger partial charge in [-0.2, -0.15) is 0 Å². The second-order valence-corrected chi connectivity index (χ2v) is 7.60. The van der Waals surface area contributed by atoms with Crippen LogP contribution in [-0.2, 0) is 17.8 Å². The molecule has 0 bridgehead atoms. The molecule has 0 atom stereocenters. The molecule has 132 valence electrons. The smallest absolute Gasteiger partial charge is 0.227 e. The lowest BCUT2D eigenvalue weighted by Gasteiger charge is -2.34. The van der Waals surface area contributed by atoms with Crippen LogP contribution >= 0.6 is 11.3 Å². The zero-order valence-corrected chi connectivity index (χ0v) is 15.4. The fraction of sp³-hybridized carbons (Fsp3) is 0.450. The van der Waals surface area contributed by atoms with Gasteiger partial charge in [-0.1, -0.05) is 25.3 Å². The Labute approximate surface area is 152 Å². The number of hydrogen-bond donors (Lipinski definition) is 0. The number of aromatic nitrogens is 1. The van der Waals surface area contributed by atoms with Crippen LogP contribution in [0.2, 0.25) is 0 Å². The Hall–Kier alpha value is -2.01. The number of pyridine rings is 1. The summed E-state index contributed by atoms with van der Waals surface area (Å²) >= 11 is 1.42. The number of rotatable bonds is 6. The molecule has 4 nitrogen and oxygen atoms in total. The van der Waals surface area contributed by atoms with Crippen molar-refractivity contribution < 1.29 is 9.59 Å². The van der Waals surface area contributed by atoms with Crippen LogP contribution < -0.4 is 0 Å². The van der Waals surface area contributed by atoms with Crippen LogP contribution in [-0.4, -0.2) is 27.6 Å². The zero-order valence-electron chi connectivity index (χ0n) is 14.6. The van der Waals surface area contributed by atoms with Crippen LogP contribution in [0.1, 0.15) is 60.0 Å². The van der Waals surface area contributed by atoms with Gasteiger partial charge in [-0.05, 0) is 48.9 Å². The van der Waals surface area contributed by atoms with Gasteiger partial charge in [0, 0.05) is 12.2 Å². The number of amides is 1. The van der Waals surface area contributed by atoms with Crippen LogP contribution in [0.5, 0.6) is 0 Å². The highest BCUT2D eigenvalue weighted by molar-refractivity contribution is 7.12. The van der Waals surface area contributed by atoms with E-state index in [9.17, 15) is 9.59 Å². The van der Waals surface area contributed by atoms with E-state index in [2.05, 4.69) is 4.98 Å². The molecule has 1 aliphatic carbocycles. The van der Waals surface area contributed by atoms with Crippen LogP contribution in [0.25, 0.3) is 0 Å². The molecule has 2 heterocycles. The molecule has 5 heteroatoms. The maximum absolute atomic E-state index is 13.0. The van der Waals surface area contributed by atoms with Gasteiger partial charge in [0.25, 0.3) is 0 Å². The minimum atomic E-state index is 0.0568. The summed E-state index contributed by atoms with van der Waals surface area (Å²) in [7, 11) is 0. The average molecular weight is 356 g/mol. The van der Waals surface area contributed by atoms with Gasteiger partial charge in [0.15, 0.2) is 5.78 Å². The molecule has 0 saturated heterocycles. The minimum Gasteiger partial charge on any atom is -0.334 e. The highest BCUT2D eigenvalue weighted by Crippen LogP contribution is 2.25. The molecule has 1 saturated carbocycles. The van der Waals surface area contributed by atoms with E-state index in [0.29, 0.717) is 19.0 Å². The molecular weight excluding hydrogens is 332 g/mol. The molecule has 3 rings (SSSR count). The lowest BCUT2D eigenvalue weighted by Crippen LogP contribution is -2.41. The van der Waals surface area contributed by atoms with Crippen molar-refractivity contribution in [3.05, 3.63) is 52.0 Å². The molecule has 2 aromatic heterocycles. The molecule has 0 spiro atoms.